The maximum absolute atomic E-state index is 11.8. The second-order valence-electron chi connectivity index (χ2n) is 4.93. The van der Waals surface area contributed by atoms with Crippen LogP contribution in [0, 0.1) is 0 Å². The van der Waals surface area contributed by atoms with E-state index in [1.165, 1.54) is 6.07 Å². The fourth-order valence-electron chi connectivity index (χ4n) is 1.84. The minimum Gasteiger partial charge on any atom is -0.460 e. The van der Waals surface area contributed by atoms with Crippen molar-refractivity contribution in [2.75, 3.05) is 13.2 Å². The Morgan fingerprint density at radius 1 is 1.14 bits per heavy atom. The number of hydrogen-bond donors (Lipinski definition) is 1. The van der Waals surface area contributed by atoms with Gasteiger partial charge in [0.1, 0.15) is 6.61 Å². The number of halogens is 2. The van der Waals surface area contributed by atoms with Gasteiger partial charge in [-0.05, 0) is 24.6 Å². The molecule has 22 heavy (non-hydrogen) atoms. The number of esters is 1. The third-order valence-electron chi connectivity index (χ3n) is 3.07. The van der Waals surface area contributed by atoms with Crippen LogP contribution >= 0.6 is 23.2 Å². The Morgan fingerprint density at radius 3 is 2.59 bits per heavy atom. The number of nitrogens with one attached hydrogen (secondary N) is 1. The summed E-state index contributed by atoms with van der Waals surface area (Å²) < 4.78 is 5.06. The van der Waals surface area contributed by atoms with E-state index in [9.17, 15) is 9.59 Å². The molecule has 0 saturated carbocycles. The largest absolute Gasteiger partial charge is 0.460 e. The molecular formula is C16H21Cl2NO3. The number of unbranched alkanes of at least 4 members (excludes halogenated alkanes) is 3. The van der Waals surface area contributed by atoms with E-state index in [0.29, 0.717) is 28.6 Å². The van der Waals surface area contributed by atoms with Crippen LogP contribution in [0.15, 0.2) is 18.2 Å². The van der Waals surface area contributed by atoms with Gasteiger partial charge >= 0.3 is 5.97 Å². The number of carbonyl (C=O) groups is 2. The van der Waals surface area contributed by atoms with Gasteiger partial charge in [0.25, 0.3) is 0 Å². The summed E-state index contributed by atoms with van der Waals surface area (Å²) in [4.78, 5) is 23.3. The third-order valence-corrected chi connectivity index (χ3v) is 3.81. The van der Waals surface area contributed by atoms with Gasteiger partial charge in [-0.3, -0.25) is 4.79 Å². The monoisotopic (exact) mass is 345 g/mol. The molecule has 1 aromatic rings. The molecule has 0 aliphatic carbocycles. The van der Waals surface area contributed by atoms with Crippen LogP contribution in [-0.2, 0) is 9.53 Å². The highest BCUT2D eigenvalue weighted by molar-refractivity contribution is 6.42. The molecule has 6 heteroatoms. The van der Waals surface area contributed by atoms with Gasteiger partial charge in [-0.2, -0.15) is 0 Å². The van der Waals surface area contributed by atoms with Crippen molar-refractivity contribution in [3.8, 4) is 0 Å². The van der Waals surface area contributed by atoms with Crippen LogP contribution in [0.4, 0.5) is 0 Å². The van der Waals surface area contributed by atoms with Crippen LogP contribution in [-0.4, -0.2) is 25.0 Å². The van der Waals surface area contributed by atoms with E-state index in [4.69, 9.17) is 27.9 Å². The summed E-state index contributed by atoms with van der Waals surface area (Å²) in [6.45, 7) is 2.56. The molecule has 0 bridgehead atoms. The highest BCUT2D eigenvalue weighted by Gasteiger charge is 2.09. The molecule has 4 nitrogen and oxygen atoms in total. The molecule has 1 amide bonds. The molecule has 0 aliphatic heterocycles. The Morgan fingerprint density at radius 2 is 1.91 bits per heavy atom. The van der Waals surface area contributed by atoms with Crippen molar-refractivity contribution in [2.45, 2.75) is 39.0 Å². The lowest BCUT2D eigenvalue weighted by atomic mass is 10.1. The molecule has 122 valence electrons. The van der Waals surface area contributed by atoms with Gasteiger partial charge in [-0.1, -0.05) is 49.4 Å². The molecule has 0 radical (unpaired) electrons. The first-order valence-electron chi connectivity index (χ1n) is 7.43. The SMILES string of the molecule is CCCCCCC(=O)NCCOC(=O)c1ccc(Cl)c(Cl)c1. The van der Waals surface area contributed by atoms with Gasteiger partial charge in [0, 0.05) is 6.42 Å². The van der Waals surface area contributed by atoms with E-state index in [1.807, 2.05) is 0 Å². The fraction of sp³-hybridized carbons (Fsp3) is 0.500. The third kappa shape index (κ3) is 7.14. The van der Waals surface area contributed by atoms with Gasteiger partial charge in [-0.25, -0.2) is 4.79 Å². The Bertz CT molecular complexity index is 506. The number of hydrogen-bond acceptors (Lipinski definition) is 3. The first-order valence-corrected chi connectivity index (χ1v) is 8.19. The van der Waals surface area contributed by atoms with Crippen LogP contribution in [0.1, 0.15) is 49.4 Å². The lowest BCUT2D eigenvalue weighted by molar-refractivity contribution is -0.121. The Labute approximate surface area is 141 Å². The molecule has 0 aromatic heterocycles. The highest BCUT2D eigenvalue weighted by Crippen LogP contribution is 2.22. The van der Waals surface area contributed by atoms with Gasteiger partial charge in [0.05, 0.1) is 22.2 Å². The number of amides is 1. The lowest BCUT2D eigenvalue weighted by Crippen LogP contribution is -2.27. The zero-order chi connectivity index (χ0) is 16.4. The first kappa shape index (κ1) is 18.8. The van der Waals surface area contributed by atoms with Crippen molar-refractivity contribution >= 4 is 35.1 Å². The van der Waals surface area contributed by atoms with Crippen LogP contribution in [0.25, 0.3) is 0 Å². The molecule has 0 unspecified atom stereocenters. The molecule has 0 saturated heterocycles. The van der Waals surface area contributed by atoms with Gasteiger partial charge in [-0.15, -0.1) is 0 Å². The molecular weight excluding hydrogens is 325 g/mol. The van der Waals surface area contributed by atoms with E-state index in [2.05, 4.69) is 12.2 Å². The van der Waals surface area contributed by atoms with E-state index < -0.39 is 5.97 Å². The Hall–Kier alpha value is -1.26. The smallest absolute Gasteiger partial charge is 0.338 e. The van der Waals surface area contributed by atoms with E-state index in [0.717, 1.165) is 25.7 Å². The molecule has 0 heterocycles. The van der Waals surface area contributed by atoms with Gasteiger partial charge < -0.3 is 10.1 Å². The summed E-state index contributed by atoms with van der Waals surface area (Å²) in [5.74, 6) is -0.502. The fourth-order valence-corrected chi connectivity index (χ4v) is 2.14. The normalized spacial score (nSPS) is 10.3. The van der Waals surface area contributed by atoms with E-state index in [-0.39, 0.29) is 12.5 Å². The van der Waals surface area contributed by atoms with Crippen molar-refractivity contribution in [1.82, 2.24) is 5.32 Å². The standard InChI is InChI=1S/C16H21Cl2NO3/c1-2-3-4-5-6-15(20)19-9-10-22-16(21)12-7-8-13(17)14(18)11-12/h7-8,11H,2-6,9-10H2,1H3,(H,19,20). The van der Waals surface area contributed by atoms with Crippen LogP contribution in [0.2, 0.25) is 10.0 Å². The average molecular weight is 346 g/mol. The maximum atomic E-state index is 11.8. The predicted octanol–water partition coefficient (Wildman–Crippen LogP) is 4.24. The Kier molecular flexibility index (Phi) is 8.94. The average Bonchev–Trinajstić information content (AvgIpc) is 2.50. The minimum absolute atomic E-state index is 0.0123. The number of benzene rings is 1. The summed E-state index contributed by atoms with van der Waals surface area (Å²) >= 11 is 11.6. The predicted molar refractivity (Wildman–Crippen MR) is 88.5 cm³/mol. The summed E-state index contributed by atoms with van der Waals surface area (Å²) in [5, 5.41) is 3.41. The van der Waals surface area contributed by atoms with Crippen LogP contribution in [0.5, 0.6) is 0 Å². The molecule has 0 aliphatic rings. The number of carbonyl (C=O) groups excluding carboxylic acids is 2. The quantitative estimate of drug-likeness (QED) is 0.538. The van der Waals surface area contributed by atoms with Crippen LogP contribution < -0.4 is 5.32 Å². The van der Waals surface area contributed by atoms with Gasteiger partial charge in [0.15, 0.2) is 0 Å². The minimum atomic E-state index is -0.490. The number of rotatable bonds is 9. The second kappa shape index (κ2) is 10.5. The molecule has 0 atom stereocenters. The van der Waals surface area contributed by atoms with E-state index >= 15 is 0 Å². The summed E-state index contributed by atoms with van der Waals surface area (Å²) in [7, 11) is 0. The van der Waals surface area contributed by atoms with Crippen molar-refractivity contribution < 1.29 is 14.3 Å². The molecule has 1 rings (SSSR count). The second-order valence-corrected chi connectivity index (χ2v) is 5.74. The van der Waals surface area contributed by atoms with Crippen molar-refractivity contribution in [3.63, 3.8) is 0 Å². The maximum Gasteiger partial charge on any atom is 0.338 e. The summed E-state index contributed by atoms with van der Waals surface area (Å²) in [5.41, 5.74) is 0.334. The van der Waals surface area contributed by atoms with Gasteiger partial charge in [0.2, 0.25) is 5.91 Å². The first-order chi connectivity index (χ1) is 10.5. The zero-order valence-electron chi connectivity index (χ0n) is 12.7. The van der Waals surface area contributed by atoms with E-state index in [1.54, 1.807) is 12.1 Å². The summed E-state index contributed by atoms with van der Waals surface area (Å²) in [6.07, 6.45) is 4.76. The van der Waals surface area contributed by atoms with Crippen molar-refractivity contribution in [2.24, 2.45) is 0 Å². The summed E-state index contributed by atoms with van der Waals surface area (Å²) in [6, 6.07) is 4.54. The topological polar surface area (TPSA) is 55.4 Å². The molecule has 0 spiro atoms. The Balaban J connectivity index is 2.19. The zero-order valence-corrected chi connectivity index (χ0v) is 14.2. The molecule has 0 fully saturated rings. The molecule has 1 N–H and O–H groups in total. The number of ether oxygens (including phenoxy) is 1. The molecule has 1 aromatic carbocycles. The van der Waals surface area contributed by atoms with Crippen molar-refractivity contribution in [3.05, 3.63) is 33.8 Å². The van der Waals surface area contributed by atoms with Crippen LogP contribution in [0.3, 0.4) is 0 Å². The van der Waals surface area contributed by atoms with Crippen molar-refractivity contribution in [1.29, 1.82) is 0 Å². The highest BCUT2D eigenvalue weighted by atomic mass is 35.5. The lowest BCUT2D eigenvalue weighted by Gasteiger charge is -2.07.